The first-order valence-electron chi connectivity index (χ1n) is 6.00. The number of amides is 2. The highest BCUT2D eigenvalue weighted by Gasteiger charge is 2.21. The SMILES string of the molecule is Cc1cc(C(=O)NCC2CCC(=O)N2)ccc1N. The normalized spacial score (nSPS) is 18.5. The van der Waals surface area contributed by atoms with Crippen LogP contribution in [-0.2, 0) is 4.79 Å². The zero-order chi connectivity index (χ0) is 13.1. The van der Waals surface area contributed by atoms with Crippen LogP contribution < -0.4 is 16.4 Å². The maximum absolute atomic E-state index is 11.9. The van der Waals surface area contributed by atoms with Crippen molar-refractivity contribution in [2.45, 2.75) is 25.8 Å². The molecule has 1 unspecified atom stereocenters. The maximum Gasteiger partial charge on any atom is 0.251 e. The van der Waals surface area contributed by atoms with E-state index in [1.165, 1.54) is 0 Å². The predicted molar refractivity (Wildman–Crippen MR) is 69.1 cm³/mol. The fourth-order valence-electron chi connectivity index (χ4n) is 1.97. The molecule has 4 N–H and O–H groups in total. The number of nitrogens with one attached hydrogen (secondary N) is 2. The van der Waals surface area contributed by atoms with Crippen molar-refractivity contribution in [1.82, 2.24) is 10.6 Å². The lowest BCUT2D eigenvalue weighted by Crippen LogP contribution is -2.38. The molecule has 0 radical (unpaired) electrons. The van der Waals surface area contributed by atoms with E-state index in [1.54, 1.807) is 18.2 Å². The van der Waals surface area contributed by atoms with Gasteiger partial charge in [-0.05, 0) is 37.1 Å². The van der Waals surface area contributed by atoms with Gasteiger partial charge in [-0.3, -0.25) is 9.59 Å². The van der Waals surface area contributed by atoms with Gasteiger partial charge in [0.25, 0.3) is 5.91 Å². The van der Waals surface area contributed by atoms with E-state index >= 15 is 0 Å². The minimum atomic E-state index is -0.140. The minimum Gasteiger partial charge on any atom is -0.399 e. The van der Waals surface area contributed by atoms with E-state index in [1.807, 2.05) is 6.92 Å². The summed E-state index contributed by atoms with van der Waals surface area (Å²) in [7, 11) is 0. The zero-order valence-electron chi connectivity index (χ0n) is 10.3. The molecule has 0 saturated carbocycles. The second-order valence-electron chi connectivity index (χ2n) is 4.58. The lowest BCUT2D eigenvalue weighted by atomic mass is 10.1. The van der Waals surface area contributed by atoms with Crippen LogP contribution in [0.4, 0.5) is 5.69 Å². The number of carbonyl (C=O) groups is 2. The Morgan fingerprint density at radius 2 is 2.33 bits per heavy atom. The summed E-state index contributed by atoms with van der Waals surface area (Å²) in [6.45, 7) is 2.33. The Balaban J connectivity index is 1.91. The number of aryl methyl sites for hydroxylation is 1. The van der Waals surface area contributed by atoms with Crippen LogP contribution in [0.15, 0.2) is 18.2 Å². The lowest BCUT2D eigenvalue weighted by molar-refractivity contribution is -0.119. The Hall–Kier alpha value is -2.04. The van der Waals surface area contributed by atoms with Crippen LogP contribution in [0, 0.1) is 6.92 Å². The molecule has 1 saturated heterocycles. The molecule has 0 aromatic heterocycles. The molecule has 96 valence electrons. The fourth-order valence-corrected chi connectivity index (χ4v) is 1.97. The smallest absolute Gasteiger partial charge is 0.251 e. The highest BCUT2D eigenvalue weighted by Crippen LogP contribution is 2.12. The van der Waals surface area contributed by atoms with E-state index in [0.717, 1.165) is 12.0 Å². The summed E-state index contributed by atoms with van der Waals surface area (Å²) >= 11 is 0. The Morgan fingerprint density at radius 1 is 1.56 bits per heavy atom. The molecule has 1 fully saturated rings. The number of nitrogen functional groups attached to an aromatic ring is 1. The number of hydrogen-bond acceptors (Lipinski definition) is 3. The Bertz CT molecular complexity index is 485. The van der Waals surface area contributed by atoms with Crippen molar-refractivity contribution < 1.29 is 9.59 Å². The second kappa shape index (κ2) is 5.08. The van der Waals surface area contributed by atoms with Crippen LogP contribution in [0.1, 0.15) is 28.8 Å². The molecular formula is C13H17N3O2. The predicted octanol–water partition coefficient (Wildman–Crippen LogP) is 0.586. The summed E-state index contributed by atoms with van der Waals surface area (Å²) < 4.78 is 0. The molecular weight excluding hydrogens is 230 g/mol. The molecule has 0 spiro atoms. The summed E-state index contributed by atoms with van der Waals surface area (Å²) in [6.07, 6.45) is 1.32. The number of hydrogen-bond donors (Lipinski definition) is 3. The van der Waals surface area contributed by atoms with Gasteiger partial charge in [0.1, 0.15) is 0 Å². The van der Waals surface area contributed by atoms with Crippen molar-refractivity contribution in [3.05, 3.63) is 29.3 Å². The van der Waals surface area contributed by atoms with Crippen LogP contribution in [0.2, 0.25) is 0 Å². The molecule has 1 atom stereocenters. The monoisotopic (exact) mass is 247 g/mol. The van der Waals surface area contributed by atoms with Crippen LogP contribution in [0.3, 0.4) is 0 Å². The quantitative estimate of drug-likeness (QED) is 0.683. The van der Waals surface area contributed by atoms with Crippen molar-refractivity contribution in [3.8, 4) is 0 Å². The van der Waals surface area contributed by atoms with Gasteiger partial charge in [-0.1, -0.05) is 0 Å². The van der Waals surface area contributed by atoms with Crippen molar-refractivity contribution >= 4 is 17.5 Å². The first-order valence-corrected chi connectivity index (χ1v) is 6.00. The number of benzene rings is 1. The highest BCUT2D eigenvalue weighted by atomic mass is 16.2. The summed E-state index contributed by atoms with van der Waals surface area (Å²) in [5.74, 6) is -0.0863. The Kier molecular flexibility index (Phi) is 3.50. The number of rotatable bonds is 3. The largest absolute Gasteiger partial charge is 0.399 e. The topological polar surface area (TPSA) is 84.2 Å². The van der Waals surface area contributed by atoms with Crippen LogP contribution in [-0.4, -0.2) is 24.4 Å². The lowest BCUT2D eigenvalue weighted by Gasteiger charge is -2.11. The van der Waals surface area contributed by atoms with Gasteiger partial charge in [0.2, 0.25) is 5.91 Å². The summed E-state index contributed by atoms with van der Waals surface area (Å²) in [5.41, 5.74) is 7.85. The molecule has 1 aliphatic heterocycles. The number of carbonyl (C=O) groups excluding carboxylic acids is 2. The first kappa shape index (κ1) is 12.4. The van der Waals surface area contributed by atoms with Crippen molar-refractivity contribution in [2.24, 2.45) is 0 Å². The summed E-state index contributed by atoms with van der Waals surface area (Å²) in [4.78, 5) is 22.9. The van der Waals surface area contributed by atoms with Gasteiger partial charge < -0.3 is 16.4 Å². The first-order chi connectivity index (χ1) is 8.56. The molecule has 5 nitrogen and oxygen atoms in total. The van der Waals surface area contributed by atoms with E-state index in [4.69, 9.17) is 5.73 Å². The molecule has 1 aromatic rings. The number of anilines is 1. The van der Waals surface area contributed by atoms with Gasteiger partial charge in [-0.25, -0.2) is 0 Å². The average molecular weight is 247 g/mol. The van der Waals surface area contributed by atoms with Gasteiger partial charge in [0.05, 0.1) is 0 Å². The number of nitrogens with two attached hydrogens (primary N) is 1. The average Bonchev–Trinajstić information content (AvgIpc) is 2.75. The van der Waals surface area contributed by atoms with E-state index < -0.39 is 0 Å². The molecule has 2 rings (SSSR count). The molecule has 5 heteroatoms. The second-order valence-corrected chi connectivity index (χ2v) is 4.58. The third-order valence-electron chi connectivity index (χ3n) is 3.13. The van der Waals surface area contributed by atoms with Crippen molar-refractivity contribution in [3.63, 3.8) is 0 Å². The summed E-state index contributed by atoms with van der Waals surface area (Å²) in [5, 5.41) is 5.62. The van der Waals surface area contributed by atoms with Gasteiger partial charge in [0, 0.05) is 30.3 Å². The third kappa shape index (κ3) is 2.80. The van der Waals surface area contributed by atoms with Crippen LogP contribution in [0.5, 0.6) is 0 Å². The van der Waals surface area contributed by atoms with Crippen LogP contribution in [0.25, 0.3) is 0 Å². The van der Waals surface area contributed by atoms with Crippen molar-refractivity contribution in [2.75, 3.05) is 12.3 Å². The molecule has 1 heterocycles. The molecule has 2 amide bonds. The Labute approximate surface area is 106 Å². The molecule has 1 aliphatic rings. The maximum atomic E-state index is 11.9. The molecule has 0 bridgehead atoms. The van der Waals surface area contributed by atoms with E-state index in [0.29, 0.717) is 24.2 Å². The third-order valence-corrected chi connectivity index (χ3v) is 3.13. The van der Waals surface area contributed by atoms with Gasteiger partial charge >= 0.3 is 0 Å². The van der Waals surface area contributed by atoms with Crippen LogP contribution >= 0.6 is 0 Å². The zero-order valence-corrected chi connectivity index (χ0v) is 10.3. The molecule has 0 aliphatic carbocycles. The molecule has 18 heavy (non-hydrogen) atoms. The van der Waals surface area contributed by atoms with Gasteiger partial charge in [-0.2, -0.15) is 0 Å². The standard InChI is InChI=1S/C13H17N3O2/c1-8-6-9(2-4-11(8)14)13(18)15-7-10-3-5-12(17)16-10/h2,4,6,10H,3,5,7,14H2,1H3,(H,15,18)(H,16,17). The van der Waals surface area contributed by atoms with Gasteiger partial charge in [0.15, 0.2) is 0 Å². The molecule has 1 aromatic carbocycles. The van der Waals surface area contributed by atoms with E-state index in [2.05, 4.69) is 10.6 Å². The Morgan fingerprint density at radius 3 is 2.94 bits per heavy atom. The van der Waals surface area contributed by atoms with E-state index in [-0.39, 0.29) is 17.9 Å². The van der Waals surface area contributed by atoms with E-state index in [9.17, 15) is 9.59 Å². The summed E-state index contributed by atoms with van der Waals surface area (Å²) in [6, 6.07) is 5.24. The highest BCUT2D eigenvalue weighted by molar-refractivity contribution is 5.94. The van der Waals surface area contributed by atoms with Crippen molar-refractivity contribution in [1.29, 1.82) is 0 Å². The fraction of sp³-hybridized carbons (Fsp3) is 0.385. The minimum absolute atomic E-state index is 0.0522. The van der Waals surface area contributed by atoms with Gasteiger partial charge in [-0.15, -0.1) is 0 Å².